The predicted octanol–water partition coefficient (Wildman–Crippen LogP) is 3.66. The number of imidazole rings is 1. The number of H-pyrrole nitrogens is 1. The zero-order valence-corrected chi connectivity index (χ0v) is 14.6. The smallest absolute Gasteiger partial charge is 0.356 e. The number of aromatic amines is 1. The van der Waals surface area contributed by atoms with Crippen molar-refractivity contribution in [2.75, 3.05) is 13.1 Å². The number of aromatic nitrogens is 3. The maximum atomic E-state index is 13.5. The van der Waals surface area contributed by atoms with Crippen LogP contribution < -0.4 is 0 Å². The fraction of sp³-hybridized carbons (Fsp3) is 0.389. The summed E-state index contributed by atoms with van der Waals surface area (Å²) in [4.78, 5) is 20.4. The monoisotopic (exact) mass is 396 g/mol. The molecule has 1 aromatic carbocycles. The van der Waals surface area contributed by atoms with Gasteiger partial charge in [-0.25, -0.2) is 9.37 Å². The van der Waals surface area contributed by atoms with Crippen molar-refractivity contribution in [1.82, 2.24) is 20.0 Å². The van der Waals surface area contributed by atoms with E-state index in [4.69, 9.17) is 4.52 Å². The van der Waals surface area contributed by atoms with Crippen molar-refractivity contribution in [2.45, 2.75) is 31.4 Å². The molecule has 1 aliphatic rings. The number of rotatable bonds is 3. The van der Waals surface area contributed by atoms with E-state index in [0.717, 1.165) is 6.20 Å². The molecule has 0 unspecified atom stereocenters. The van der Waals surface area contributed by atoms with Gasteiger partial charge in [-0.05, 0) is 31.0 Å². The van der Waals surface area contributed by atoms with Gasteiger partial charge in [0.25, 0.3) is 0 Å². The number of hydrogen-bond acceptors (Lipinski definition) is 4. The van der Waals surface area contributed by atoms with Crippen LogP contribution in [-0.2, 0) is 17.4 Å². The summed E-state index contributed by atoms with van der Waals surface area (Å²) < 4.78 is 56.9. The highest BCUT2D eigenvalue weighted by Gasteiger charge is 2.35. The molecule has 1 aliphatic heterocycles. The quantitative estimate of drug-likeness (QED) is 0.686. The maximum absolute atomic E-state index is 13.5. The first-order valence-corrected chi connectivity index (χ1v) is 8.75. The van der Waals surface area contributed by atoms with Crippen LogP contribution in [-0.4, -0.2) is 39.0 Å². The van der Waals surface area contributed by atoms with Crippen molar-refractivity contribution in [3.63, 3.8) is 0 Å². The number of amides is 1. The first-order valence-electron chi connectivity index (χ1n) is 8.75. The maximum Gasteiger partial charge on any atom is 0.432 e. The molecule has 0 bridgehead atoms. The number of fused-ring (bicyclic) bond motifs is 1. The van der Waals surface area contributed by atoms with E-state index in [1.807, 2.05) is 0 Å². The van der Waals surface area contributed by atoms with E-state index in [9.17, 15) is 22.4 Å². The van der Waals surface area contributed by atoms with Crippen molar-refractivity contribution in [1.29, 1.82) is 0 Å². The average molecular weight is 396 g/mol. The number of alkyl halides is 3. The first kappa shape index (κ1) is 18.5. The minimum absolute atomic E-state index is 0.0743. The Morgan fingerprint density at radius 3 is 2.93 bits per heavy atom. The normalized spacial score (nSPS) is 18.0. The molecule has 1 amide bonds. The molecule has 0 saturated carbocycles. The van der Waals surface area contributed by atoms with Gasteiger partial charge in [-0.3, -0.25) is 4.79 Å². The number of nitrogens with zero attached hydrogens (tertiary/aromatic N) is 3. The van der Waals surface area contributed by atoms with Crippen LogP contribution in [0.3, 0.4) is 0 Å². The lowest BCUT2D eigenvalue weighted by Gasteiger charge is -2.31. The van der Waals surface area contributed by atoms with Gasteiger partial charge in [-0.1, -0.05) is 5.16 Å². The van der Waals surface area contributed by atoms with Crippen LogP contribution in [0.5, 0.6) is 0 Å². The molecule has 1 atom stereocenters. The molecule has 6 nitrogen and oxygen atoms in total. The van der Waals surface area contributed by atoms with Crippen LogP contribution in [0.2, 0.25) is 0 Å². The van der Waals surface area contributed by atoms with Crippen LogP contribution in [0.1, 0.15) is 36.0 Å². The average Bonchev–Trinajstić information content (AvgIpc) is 3.29. The molecule has 0 aliphatic carbocycles. The van der Waals surface area contributed by atoms with Crippen molar-refractivity contribution in [3.05, 3.63) is 47.4 Å². The second kappa shape index (κ2) is 6.92. The largest absolute Gasteiger partial charge is 0.432 e. The number of nitrogens with one attached hydrogen (secondary N) is 1. The van der Waals surface area contributed by atoms with Gasteiger partial charge >= 0.3 is 6.18 Å². The molecule has 1 fully saturated rings. The standard InChI is InChI=1S/C18H16F4N4O2/c19-11-3-4-14-12(6-11)13(25-28-14)7-16(27)26-5-1-2-10(9-26)17-23-8-15(24-17)18(20,21)22/h3-4,6,8,10H,1-2,5,7,9H2,(H,23,24)/t10-/m1/s1. The lowest BCUT2D eigenvalue weighted by molar-refractivity contribution is -0.141. The molecular formula is C18H16F4N4O2. The van der Waals surface area contributed by atoms with Gasteiger partial charge in [0.1, 0.15) is 23.0 Å². The Morgan fingerprint density at radius 2 is 2.18 bits per heavy atom. The van der Waals surface area contributed by atoms with Crippen molar-refractivity contribution < 1.29 is 26.9 Å². The molecule has 28 heavy (non-hydrogen) atoms. The van der Waals surface area contributed by atoms with E-state index < -0.39 is 17.7 Å². The number of hydrogen-bond donors (Lipinski definition) is 1. The first-order chi connectivity index (χ1) is 13.3. The third kappa shape index (κ3) is 3.58. The van der Waals surface area contributed by atoms with Gasteiger partial charge < -0.3 is 14.4 Å². The summed E-state index contributed by atoms with van der Waals surface area (Å²) in [6.07, 6.45) is -2.51. The molecule has 3 aromatic rings. The molecule has 10 heteroatoms. The molecular weight excluding hydrogens is 380 g/mol. The molecule has 0 spiro atoms. The van der Waals surface area contributed by atoms with E-state index >= 15 is 0 Å². The SMILES string of the molecule is O=C(Cc1noc2ccc(F)cc12)N1CCC[C@@H](c2ncc(C(F)(F)F)[nH]2)C1. The summed E-state index contributed by atoms with van der Waals surface area (Å²) in [7, 11) is 0. The Balaban J connectivity index is 1.47. The Hall–Kier alpha value is -2.91. The van der Waals surface area contributed by atoms with Crippen LogP contribution in [0, 0.1) is 5.82 Å². The Labute approximate surface area is 156 Å². The van der Waals surface area contributed by atoms with Crippen molar-refractivity contribution >= 4 is 16.9 Å². The molecule has 1 saturated heterocycles. The zero-order chi connectivity index (χ0) is 19.9. The van der Waals surface area contributed by atoms with E-state index in [-0.39, 0.29) is 30.6 Å². The summed E-state index contributed by atoms with van der Waals surface area (Å²) in [6.45, 7) is 0.750. The van der Waals surface area contributed by atoms with Crippen LogP contribution in [0.4, 0.5) is 17.6 Å². The van der Waals surface area contributed by atoms with E-state index in [1.54, 1.807) is 4.90 Å². The summed E-state index contributed by atoms with van der Waals surface area (Å²) in [6, 6.07) is 3.94. The van der Waals surface area contributed by atoms with E-state index in [2.05, 4.69) is 15.1 Å². The lowest BCUT2D eigenvalue weighted by atomic mass is 9.97. The van der Waals surface area contributed by atoms with Crippen molar-refractivity contribution in [2.24, 2.45) is 0 Å². The van der Waals surface area contributed by atoms with Gasteiger partial charge in [0, 0.05) is 24.4 Å². The van der Waals surface area contributed by atoms with Gasteiger partial charge in [-0.15, -0.1) is 0 Å². The highest BCUT2D eigenvalue weighted by molar-refractivity contribution is 5.86. The highest BCUT2D eigenvalue weighted by Crippen LogP contribution is 2.31. The topological polar surface area (TPSA) is 75.0 Å². The number of benzene rings is 1. The van der Waals surface area contributed by atoms with Gasteiger partial charge in [0.05, 0.1) is 12.6 Å². The molecule has 3 heterocycles. The minimum Gasteiger partial charge on any atom is -0.356 e. The number of carbonyl (C=O) groups excluding carboxylic acids is 1. The molecule has 2 aromatic heterocycles. The molecule has 4 rings (SSSR count). The van der Waals surface area contributed by atoms with Crippen molar-refractivity contribution in [3.8, 4) is 0 Å². The minimum atomic E-state index is -4.49. The number of likely N-dealkylation sites (tertiary alicyclic amines) is 1. The van der Waals surface area contributed by atoms with E-state index in [1.165, 1.54) is 18.2 Å². The summed E-state index contributed by atoms with van der Waals surface area (Å²) in [5.41, 5.74) is -0.183. The van der Waals surface area contributed by atoms with Gasteiger partial charge in [0.15, 0.2) is 5.58 Å². The number of carbonyl (C=O) groups is 1. The van der Waals surface area contributed by atoms with Gasteiger partial charge in [-0.2, -0.15) is 13.2 Å². The number of piperidine rings is 1. The van der Waals surface area contributed by atoms with Crippen LogP contribution in [0.25, 0.3) is 11.0 Å². The molecule has 1 N–H and O–H groups in total. The lowest BCUT2D eigenvalue weighted by Crippen LogP contribution is -2.40. The van der Waals surface area contributed by atoms with E-state index in [0.29, 0.717) is 36.0 Å². The third-order valence-corrected chi connectivity index (χ3v) is 4.89. The summed E-state index contributed by atoms with van der Waals surface area (Å²) in [5, 5.41) is 4.28. The molecule has 0 radical (unpaired) electrons. The zero-order valence-electron chi connectivity index (χ0n) is 14.6. The summed E-state index contributed by atoms with van der Waals surface area (Å²) in [5.74, 6) is -0.786. The van der Waals surface area contributed by atoms with Crippen LogP contribution in [0.15, 0.2) is 28.9 Å². The molecule has 148 valence electrons. The Kier molecular flexibility index (Phi) is 4.56. The predicted molar refractivity (Wildman–Crippen MR) is 89.8 cm³/mol. The van der Waals surface area contributed by atoms with Gasteiger partial charge in [0.2, 0.25) is 5.91 Å². The fourth-order valence-corrected chi connectivity index (χ4v) is 3.46. The highest BCUT2D eigenvalue weighted by atomic mass is 19.4. The fourth-order valence-electron chi connectivity index (χ4n) is 3.46. The third-order valence-electron chi connectivity index (χ3n) is 4.89. The summed E-state index contributed by atoms with van der Waals surface area (Å²) >= 11 is 0. The van der Waals surface area contributed by atoms with Crippen LogP contribution >= 0.6 is 0 Å². The Morgan fingerprint density at radius 1 is 1.36 bits per heavy atom. The second-order valence-electron chi connectivity index (χ2n) is 6.81. The number of halogens is 4. The second-order valence-corrected chi connectivity index (χ2v) is 6.81. The Bertz CT molecular complexity index is 1010.